The van der Waals surface area contributed by atoms with E-state index >= 15 is 0 Å². The zero-order chi connectivity index (χ0) is 18.7. The first kappa shape index (κ1) is 18.4. The number of hydrogen-bond donors (Lipinski definition) is 1. The maximum atomic E-state index is 13.1. The van der Waals surface area contributed by atoms with Crippen molar-refractivity contribution in [1.29, 1.82) is 0 Å². The van der Waals surface area contributed by atoms with Crippen molar-refractivity contribution in [2.45, 2.75) is 18.2 Å². The molecule has 1 saturated heterocycles. The van der Waals surface area contributed by atoms with Crippen molar-refractivity contribution in [2.75, 3.05) is 0 Å². The minimum Gasteiger partial charge on any atom is -0.369 e. The Morgan fingerprint density at radius 3 is 2.69 bits per heavy atom. The van der Waals surface area contributed by atoms with Crippen molar-refractivity contribution in [3.63, 3.8) is 0 Å². The summed E-state index contributed by atoms with van der Waals surface area (Å²) in [4.78, 5) is 30.1. The molecule has 134 valence electrons. The Morgan fingerprint density at radius 1 is 1.31 bits per heavy atom. The summed E-state index contributed by atoms with van der Waals surface area (Å²) in [6.45, 7) is 0.219. The number of amidine groups is 1. The van der Waals surface area contributed by atoms with Gasteiger partial charge in [0, 0.05) is 11.4 Å². The van der Waals surface area contributed by atoms with Gasteiger partial charge in [-0.1, -0.05) is 41.6 Å². The molecule has 0 aromatic heterocycles. The summed E-state index contributed by atoms with van der Waals surface area (Å²) in [7, 11) is 0. The summed E-state index contributed by atoms with van der Waals surface area (Å²) in [5.41, 5.74) is 6.68. The van der Waals surface area contributed by atoms with E-state index in [1.165, 1.54) is 17.0 Å². The van der Waals surface area contributed by atoms with Crippen LogP contribution in [-0.2, 0) is 16.1 Å². The molecule has 1 heterocycles. The Balaban J connectivity index is 1.94. The van der Waals surface area contributed by atoms with Crippen LogP contribution in [0.25, 0.3) is 0 Å². The third-order valence-corrected chi connectivity index (χ3v) is 5.18. The fourth-order valence-corrected chi connectivity index (χ4v) is 3.67. The average molecular weight is 392 g/mol. The summed E-state index contributed by atoms with van der Waals surface area (Å²) < 4.78 is 13.1. The zero-order valence-electron chi connectivity index (χ0n) is 13.6. The molecule has 2 aromatic rings. The second-order valence-electron chi connectivity index (χ2n) is 5.69. The topological polar surface area (TPSA) is 75.8 Å². The van der Waals surface area contributed by atoms with Crippen LogP contribution in [0.1, 0.15) is 12.0 Å². The lowest BCUT2D eigenvalue weighted by atomic mass is 10.2. The number of halogens is 2. The third-order valence-electron chi connectivity index (χ3n) is 3.74. The smallest absolute Gasteiger partial charge is 0.231 e. The van der Waals surface area contributed by atoms with E-state index in [4.69, 9.17) is 17.3 Å². The van der Waals surface area contributed by atoms with E-state index in [0.29, 0.717) is 15.9 Å². The van der Waals surface area contributed by atoms with E-state index in [-0.39, 0.29) is 24.7 Å². The highest BCUT2D eigenvalue weighted by Gasteiger charge is 2.34. The molecule has 2 N–H and O–H groups in total. The molecule has 1 fully saturated rings. The lowest BCUT2D eigenvalue weighted by Gasteiger charge is -2.31. The van der Waals surface area contributed by atoms with Crippen molar-refractivity contribution in [3.05, 3.63) is 64.9 Å². The molecule has 1 atom stereocenters. The fourth-order valence-electron chi connectivity index (χ4n) is 2.44. The van der Waals surface area contributed by atoms with Crippen LogP contribution < -0.4 is 5.73 Å². The largest absolute Gasteiger partial charge is 0.369 e. The Bertz CT molecular complexity index is 873. The minimum atomic E-state index is -0.676. The number of carbonyl (C=O) groups is 2. The molecule has 0 spiro atoms. The molecule has 1 aliphatic heterocycles. The molecule has 0 saturated carbocycles. The van der Waals surface area contributed by atoms with Gasteiger partial charge in [-0.15, -0.1) is 0 Å². The quantitative estimate of drug-likeness (QED) is 0.866. The summed E-state index contributed by atoms with van der Waals surface area (Å²) in [5, 5.41) is 0.192. The average Bonchev–Trinajstić information content (AvgIpc) is 2.59. The molecule has 8 heteroatoms. The third kappa shape index (κ3) is 4.42. The number of rotatable bonds is 4. The van der Waals surface area contributed by atoms with E-state index in [1.807, 2.05) is 0 Å². The number of thioether (sulfide) groups is 1. The van der Waals surface area contributed by atoms with Gasteiger partial charge in [-0.25, -0.2) is 9.38 Å². The molecule has 2 amide bonds. The predicted octanol–water partition coefficient (Wildman–Crippen LogP) is 3.49. The van der Waals surface area contributed by atoms with Crippen LogP contribution in [0.4, 0.5) is 10.1 Å². The summed E-state index contributed by atoms with van der Waals surface area (Å²) in [5.74, 6) is -1.18. The molecule has 1 unspecified atom stereocenters. The van der Waals surface area contributed by atoms with E-state index in [0.717, 1.165) is 17.3 Å². The van der Waals surface area contributed by atoms with Gasteiger partial charge >= 0.3 is 0 Å². The van der Waals surface area contributed by atoms with Crippen LogP contribution in [0.15, 0.2) is 53.5 Å². The maximum Gasteiger partial charge on any atom is 0.231 e. The number of amides is 2. The lowest BCUT2D eigenvalue weighted by Crippen LogP contribution is -2.45. The highest BCUT2D eigenvalue weighted by molar-refractivity contribution is 8.15. The van der Waals surface area contributed by atoms with Gasteiger partial charge in [0.05, 0.1) is 17.5 Å². The van der Waals surface area contributed by atoms with Gasteiger partial charge < -0.3 is 5.73 Å². The normalized spacial score (nSPS) is 19.0. The predicted molar refractivity (Wildman–Crippen MR) is 101 cm³/mol. The van der Waals surface area contributed by atoms with Crippen LogP contribution in [0.3, 0.4) is 0 Å². The van der Waals surface area contributed by atoms with Crippen LogP contribution in [0, 0.1) is 5.82 Å². The molecular formula is C18H15ClFN3O2S. The fraction of sp³-hybridized carbons (Fsp3) is 0.167. The van der Waals surface area contributed by atoms with Gasteiger partial charge in [0.1, 0.15) is 5.82 Å². The van der Waals surface area contributed by atoms with E-state index in [1.54, 1.807) is 36.4 Å². The number of benzene rings is 2. The molecule has 1 aliphatic rings. The van der Waals surface area contributed by atoms with Crippen LogP contribution >= 0.6 is 23.4 Å². The second-order valence-corrected chi connectivity index (χ2v) is 7.30. The molecule has 0 aliphatic carbocycles. The van der Waals surface area contributed by atoms with Crippen LogP contribution in [0.5, 0.6) is 0 Å². The standard InChI is InChI=1S/C18H15ClFN3O2S/c19-12-2-1-3-14(8-12)22-18-23(10-11-4-6-13(20)7-5-11)16(24)9-15(26-18)17(21)25/h1-8,15H,9-10H2,(H2,21,25). The Hall–Kier alpha value is -2.38. The van der Waals surface area contributed by atoms with Gasteiger partial charge in [-0.05, 0) is 35.9 Å². The summed E-state index contributed by atoms with van der Waals surface area (Å²) in [6, 6.07) is 12.7. The second kappa shape index (κ2) is 7.88. The number of primary amides is 1. The van der Waals surface area contributed by atoms with E-state index in [2.05, 4.69) is 4.99 Å². The van der Waals surface area contributed by atoms with E-state index < -0.39 is 11.2 Å². The maximum absolute atomic E-state index is 13.1. The Labute approximate surface area is 159 Å². The Kier molecular flexibility index (Phi) is 5.58. The first-order chi connectivity index (χ1) is 12.4. The van der Waals surface area contributed by atoms with Gasteiger partial charge in [-0.2, -0.15) is 0 Å². The molecule has 3 rings (SSSR count). The van der Waals surface area contributed by atoms with Crippen molar-refractivity contribution in [2.24, 2.45) is 10.7 Å². The number of nitrogens with zero attached hydrogens (tertiary/aromatic N) is 2. The molecule has 26 heavy (non-hydrogen) atoms. The molecular weight excluding hydrogens is 377 g/mol. The molecule has 5 nitrogen and oxygen atoms in total. The van der Waals surface area contributed by atoms with Crippen molar-refractivity contribution >= 4 is 46.0 Å². The van der Waals surface area contributed by atoms with Crippen molar-refractivity contribution in [3.8, 4) is 0 Å². The molecule has 0 bridgehead atoms. The van der Waals surface area contributed by atoms with Gasteiger partial charge in [0.25, 0.3) is 0 Å². The summed E-state index contributed by atoms with van der Waals surface area (Å²) >= 11 is 7.12. The number of hydrogen-bond acceptors (Lipinski definition) is 4. The zero-order valence-corrected chi connectivity index (χ0v) is 15.1. The molecule has 2 aromatic carbocycles. The highest BCUT2D eigenvalue weighted by atomic mass is 35.5. The van der Waals surface area contributed by atoms with Crippen LogP contribution in [0.2, 0.25) is 5.02 Å². The van der Waals surface area contributed by atoms with Crippen molar-refractivity contribution < 1.29 is 14.0 Å². The molecule has 0 radical (unpaired) electrons. The first-order valence-corrected chi connectivity index (χ1v) is 9.03. The highest BCUT2D eigenvalue weighted by Crippen LogP contribution is 2.30. The van der Waals surface area contributed by atoms with Gasteiger partial charge in [-0.3, -0.25) is 14.5 Å². The number of aliphatic imine (C=N–C) groups is 1. The Morgan fingerprint density at radius 2 is 2.04 bits per heavy atom. The SMILES string of the molecule is NC(=O)C1CC(=O)N(Cc2ccc(F)cc2)C(=Nc2cccc(Cl)c2)S1. The number of nitrogens with two attached hydrogens (primary N) is 1. The first-order valence-electron chi connectivity index (χ1n) is 7.77. The van der Waals surface area contributed by atoms with Crippen LogP contribution in [-0.4, -0.2) is 27.1 Å². The minimum absolute atomic E-state index is 0.00421. The monoisotopic (exact) mass is 391 g/mol. The lowest BCUT2D eigenvalue weighted by molar-refractivity contribution is -0.130. The van der Waals surface area contributed by atoms with Crippen molar-refractivity contribution in [1.82, 2.24) is 4.90 Å². The van der Waals surface area contributed by atoms with Gasteiger partial charge in [0.15, 0.2) is 5.17 Å². The summed E-state index contributed by atoms with van der Waals surface area (Å²) in [6.07, 6.45) is -0.00421. The van der Waals surface area contributed by atoms with Gasteiger partial charge in [0.2, 0.25) is 11.8 Å². The van der Waals surface area contributed by atoms with E-state index in [9.17, 15) is 14.0 Å². The number of carbonyl (C=O) groups excluding carboxylic acids is 2.